The van der Waals surface area contributed by atoms with Crippen molar-refractivity contribution >= 4 is 16.6 Å². The third-order valence-corrected chi connectivity index (χ3v) is 3.91. The monoisotopic (exact) mass is 366 g/mol. The molecule has 4 atom stereocenters. The van der Waals surface area contributed by atoms with Crippen molar-refractivity contribution in [2.45, 2.75) is 24.4 Å². The Hall–Kier alpha value is -1.91. The molecule has 1 aliphatic heterocycles. The number of hydrogen-bond donors (Lipinski definition) is 5. The molecule has 0 aromatic heterocycles. The standard InChI is InChI=1S/C16H18O6.C2H4O2/c17-8-12(18)14(20)16(22)15(21)13(19)11-7-3-5-9-4-1-2-6-10(9)11;1-2-4-3-1/h1-7,12,14-18,20-22H,8H2;1-2H2/t12-,14+,15+,16+;/m1./s1. The van der Waals surface area contributed by atoms with Crippen molar-refractivity contribution in [2.24, 2.45) is 0 Å². The van der Waals surface area contributed by atoms with Gasteiger partial charge in [-0.3, -0.25) is 4.79 Å². The molecule has 2 aromatic rings. The highest BCUT2D eigenvalue weighted by atomic mass is 17.2. The SMILES string of the molecule is C1COO1.O=C(c1cccc2ccccc12)[C@H](O)[C@@H](O)[C@@H](O)[C@H](O)CO. The fourth-order valence-corrected chi connectivity index (χ4v) is 2.36. The summed E-state index contributed by atoms with van der Waals surface area (Å²) in [6.07, 6.45) is -7.31. The Morgan fingerprint density at radius 1 is 0.923 bits per heavy atom. The fraction of sp³-hybridized carbons (Fsp3) is 0.389. The Balaban J connectivity index is 0.000000534. The van der Waals surface area contributed by atoms with Crippen molar-refractivity contribution in [2.75, 3.05) is 19.8 Å². The molecule has 1 aliphatic rings. The number of carbonyl (C=O) groups excluding carboxylic acids is 1. The molecule has 0 aliphatic carbocycles. The van der Waals surface area contributed by atoms with Crippen molar-refractivity contribution in [1.29, 1.82) is 0 Å². The van der Waals surface area contributed by atoms with E-state index in [1.54, 1.807) is 30.3 Å². The average molecular weight is 366 g/mol. The van der Waals surface area contributed by atoms with Crippen LogP contribution in [0.4, 0.5) is 0 Å². The van der Waals surface area contributed by atoms with Gasteiger partial charge in [0.05, 0.1) is 6.61 Å². The van der Waals surface area contributed by atoms with Crippen LogP contribution in [0, 0.1) is 0 Å². The third kappa shape index (κ3) is 4.83. The van der Waals surface area contributed by atoms with Crippen LogP contribution in [-0.2, 0) is 9.78 Å². The van der Waals surface area contributed by atoms with Gasteiger partial charge >= 0.3 is 0 Å². The number of ketones is 1. The average Bonchev–Trinajstić information content (AvgIpc) is 2.63. The van der Waals surface area contributed by atoms with Crippen molar-refractivity contribution in [3.63, 3.8) is 0 Å². The molecule has 1 saturated heterocycles. The summed E-state index contributed by atoms with van der Waals surface area (Å²) in [6, 6.07) is 12.0. The Morgan fingerprint density at radius 2 is 1.50 bits per heavy atom. The zero-order chi connectivity index (χ0) is 19.1. The lowest BCUT2D eigenvalue weighted by Crippen LogP contribution is -2.48. The molecule has 26 heavy (non-hydrogen) atoms. The van der Waals surface area contributed by atoms with E-state index >= 15 is 0 Å². The fourth-order valence-electron chi connectivity index (χ4n) is 2.36. The number of benzene rings is 2. The first kappa shape index (κ1) is 20.4. The molecule has 8 nitrogen and oxygen atoms in total. The van der Waals surface area contributed by atoms with Crippen LogP contribution < -0.4 is 0 Å². The minimum atomic E-state index is -1.91. The van der Waals surface area contributed by atoms with Gasteiger partial charge in [-0.1, -0.05) is 42.5 Å². The summed E-state index contributed by atoms with van der Waals surface area (Å²) in [6.45, 7) is 0.757. The summed E-state index contributed by atoms with van der Waals surface area (Å²) in [4.78, 5) is 20.8. The van der Waals surface area contributed by atoms with Crippen LogP contribution in [-0.4, -0.2) is 75.6 Å². The zero-order valence-corrected chi connectivity index (χ0v) is 13.9. The highest BCUT2D eigenvalue weighted by molar-refractivity contribution is 6.10. The van der Waals surface area contributed by atoms with E-state index in [0.717, 1.165) is 18.6 Å². The first-order valence-electron chi connectivity index (χ1n) is 8.07. The molecule has 0 bridgehead atoms. The summed E-state index contributed by atoms with van der Waals surface area (Å²) in [5.41, 5.74) is 0.204. The molecule has 0 saturated carbocycles. The van der Waals surface area contributed by atoms with Crippen LogP contribution >= 0.6 is 0 Å². The Bertz CT molecular complexity index is 706. The summed E-state index contributed by atoms with van der Waals surface area (Å²) >= 11 is 0. The number of aliphatic hydroxyl groups excluding tert-OH is 5. The van der Waals surface area contributed by atoms with Gasteiger partial charge in [0.25, 0.3) is 0 Å². The van der Waals surface area contributed by atoms with Crippen molar-refractivity contribution in [3.8, 4) is 0 Å². The van der Waals surface area contributed by atoms with E-state index in [9.17, 15) is 25.2 Å². The minimum Gasteiger partial charge on any atom is -0.394 e. The zero-order valence-electron chi connectivity index (χ0n) is 13.9. The van der Waals surface area contributed by atoms with Crippen LogP contribution in [0.3, 0.4) is 0 Å². The highest BCUT2D eigenvalue weighted by Crippen LogP contribution is 2.21. The van der Waals surface area contributed by atoms with Gasteiger partial charge in [0.15, 0.2) is 5.78 Å². The number of fused-ring (bicyclic) bond motifs is 1. The van der Waals surface area contributed by atoms with Crippen molar-refractivity contribution in [1.82, 2.24) is 0 Å². The third-order valence-electron chi connectivity index (χ3n) is 3.91. The number of aliphatic hydroxyl groups is 5. The van der Waals surface area contributed by atoms with E-state index < -0.39 is 36.8 Å². The smallest absolute Gasteiger partial charge is 0.194 e. The van der Waals surface area contributed by atoms with Crippen molar-refractivity contribution < 1.29 is 40.1 Å². The van der Waals surface area contributed by atoms with Gasteiger partial charge < -0.3 is 25.5 Å². The predicted molar refractivity (Wildman–Crippen MR) is 91.3 cm³/mol. The van der Waals surface area contributed by atoms with Crippen LogP contribution in [0.5, 0.6) is 0 Å². The lowest BCUT2D eigenvalue weighted by atomic mass is 9.93. The maximum absolute atomic E-state index is 12.4. The molecule has 8 heteroatoms. The molecule has 142 valence electrons. The maximum atomic E-state index is 12.4. The molecule has 3 rings (SSSR count). The van der Waals surface area contributed by atoms with Gasteiger partial charge in [0, 0.05) is 5.56 Å². The lowest BCUT2D eigenvalue weighted by Gasteiger charge is -2.25. The van der Waals surface area contributed by atoms with Gasteiger partial charge in [-0.2, -0.15) is 0 Å². The van der Waals surface area contributed by atoms with Gasteiger partial charge in [-0.05, 0) is 10.8 Å². The number of hydrogen-bond acceptors (Lipinski definition) is 8. The topological polar surface area (TPSA) is 137 Å². The largest absolute Gasteiger partial charge is 0.394 e. The summed E-state index contributed by atoms with van der Waals surface area (Å²) in [5, 5.41) is 48.8. The van der Waals surface area contributed by atoms with Gasteiger partial charge in [-0.15, -0.1) is 0 Å². The van der Waals surface area contributed by atoms with E-state index in [-0.39, 0.29) is 5.56 Å². The normalized spacial score (nSPS) is 18.0. The van der Waals surface area contributed by atoms with E-state index in [4.69, 9.17) is 5.11 Å². The molecular weight excluding hydrogens is 344 g/mol. The molecule has 2 aromatic carbocycles. The second kappa shape index (κ2) is 9.70. The van der Waals surface area contributed by atoms with Crippen LogP contribution in [0.1, 0.15) is 10.4 Å². The molecule has 0 amide bonds. The summed E-state index contributed by atoms with van der Waals surface area (Å²) < 4.78 is 0. The quantitative estimate of drug-likeness (QED) is 0.338. The second-order valence-electron chi connectivity index (χ2n) is 5.71. The molecule has 1 fully saturated rings. The van der Waals surface area contributed by atoms with E-state index in [1.807, 2.05) is 6.07 Å². The second-order valence-corrected chi connectivity index (χ2v) is 5.71. The Labute approximate surface area is 149 Å². The maximum Gasteiger partial charge on any atom is 0.194 e. The van der Waals surface area contributed by atoms with Gasteiger partial charge in [0.2, 0.25) is 0 Å². The van der Waals surface area contributed by atoms with Crippen molar-refractivity contribution in [3.05, 3.63) is 48.0 Å². The van der Waals surface area contributed by atoms with E-state index in [1.165, 1.54) is 6.07 Å². The minimum absolute atomic E-state index is 0.204. The molecular formula is C18H22O8. The predicted octanol–water partition coefficient (Wildman–Crippen LogP) is -0.593. The Kier molecular flexibility index (Phi) is 7.61. The molecule has 0 spiro atoms. The molecule has 5 N–H and O–H groups in total. The first-order valence-corrected chi connectivity index (χ1v) is 8.07. The first-order chi connectivity index (χ1) is 12.5. The van der Waals surface area contributed by atoms with Crippen LogP contribution in [0.2, 0.25) is 0 Å². The van der Waals surface area contributed by atoms with E-state index in [2.05, 4.69) is 9.78 Å². The van der Waals surface area contributed by atoms with Crippen LogP contribution in [0.15, 0.2) is 42.5 Å². The molecule has 0 unspecified atom stereocenters. The number of rotatable bonds is 6. The number of Topliss-reactive ketones (excluding diaryl/α,β-unsaturated/α-hetero) is 1. The van der Waals surface area contributed by atoms with Gasteiger partial charge in [-0.25, -0.2) is 9.78 Å². The lowest BCUT2D eigenvalue weighted by molar-refractivity contribution is -0.382. The van der Waals surface area contributed by atoms with Crippen LogP contribution in [0.25, 0.3) is 10.8 Å². The van der Waals surface area contributed by atoms with E-state index in [0.29, 0.717) is 5.39 Å². The molecule has 0 radical (unpaired) electrons. The highest BCUT2D eigenvalue weighted by Gasteiger charge is 2.34. The summed E-state index contributed by atoms with van der Waals surface area (Å²) in [7, 11) is 0. The number of carbonyl (C=O) groups is 1. The summed E-state index contributed by atoms with van der Waals surface area (Å²) in [5.74, 6) is -0.770. The molecule has 1 heterocycles. The van der Waals surface area contributed by atoms with Gasteiger partial charge in [0.1, 0.15) is 37.6 Å². The Morgan fingerprint density at radius 3 is 2.08 bits per heavy atom.